The van der Waals surface area contributed by atoms with Gasteiger partial charge in [0.25, 0.3) is 5.91 Å². The summed E-state index contributed by atoms with van der Waals surface area (Å²) in [5, 5.41) is 17.1. The molecule has 3 aliphatic heterocycles. The number of para-hydroxylation sites is 1. The number of piperazine rings is 1. The molecule has 0 saturated carbocycles. The number of carbonyl (C=O) groups is 3. The molecule has 3 fully saturated rings. The summed E-state index contributed by atoms with van der Waals surface area (Å²) in [5.74, 6) is -1.47. The molecule has 5 aromatic rings. The van der Waals surface area contributed by atoms with E-state index in [1.807, 2.05) is 60.7 Å². The third-order valence-corrected chi connectivity index (χ3v) is 10.5. The molecule has 3 aliphatic rings. The fourth-order valence-corrected chi connectivity index (χ4v) is 7.61. The summed E-state index contributed by atoms with van der Waals surface area (Å²) < 4.78 is 33.3. The first-order valence-electron chi connectivity index (χ1n) is 18.6. The van der Waals surface area contributed by atoms with Crippen LogP contribution in [0.5, 0.6) is 0 Å². The Kier molecular flexibility index (Phi) is 10.4. The van der Waals surface area contributed by atoms with Gasteiger partial charge in [-0.25, -0.2) is 13.6 Å². The van der Waals surface area contributed by atoms with Crippen molar-refractivity contribution in [3.63, 3.8) is 0 Å². The molecule has 4 N–H and O–H groups in total. The molecule has 55 heavy (non-hydrogen) atoms. The highest BCUT2D eigenvalue weighted by atomic mass is 19.1. The van der Waals surface area contributed by atoms with E-state index in [2.05, 4.69) is 35.9 Å². The number of hydrogen-bond donors (Lipinski definition) is 4. The van der Waals surface area contributed by atoms with E-state index in [4.69, 9.17) is 4.74 Å². The normalized spacial score (nSPS) is 17.1. The van der Waals surface area contributed by atoms with Gasteiger partial charge in [0, 0.05) is 93.5 Å². The lowest BCUT2D eigenvalue weighted by atomic mass is 10.0. The van der Waals surface area contributed by atoms with Gasteiger partial charge in [0.1, 0.15) is 11.6 Å². The van der Waals surface area contributed by atoms with E-state index >= 15 is 0 Å². The van der Waals surface area contributed by atoms with Crippen LogP contribution in [0.3, 0.4) is 0 Å². The maximum atomic E-state index is 14.0. The Bertz CT molecular complexity index is 2210. The molecule has 14 heteroatoms. The summed E-state index contributed by atoms with van der Waals surface area (Å²) in [5.41, 5.74) is 6.10. The first-order valence-corrected chi connectivity index (χ1v) is 18.6. The standard InChI is InChI=1S/C41H42F2N8O4/c42-29-20-27(21-30(43)23-29)19-26-5-8-35-34(22-26)39(48-47-35)46-40(53)33-7-6-32(24-36(33)44-31-10-17-55-18-11-31)50-15-13-49(14-16-50)25-28-3-1-2-4-37(28)51-12-9-38(52)45-41(51)54/h1-8,20-24,31,44H,9-19,25H2,(H,45,52,54)(H2,46,47,48,53). The van der Waals surface area contributed by atoms with Gasteiger partial charge in [0.05, 0.1) is 11.1 Å². The maximum absolute atomic E-state index is 14.0. The van der Waals surface area contributed by atoms with Crippen LogP contribution in [-0.2, 0) is 22.5 Å². The molecular weight excluding hydrogens is 706 g/mol. The van der Waals surface area contributed by atoms with Gasteiger partial charge in [-0.05, 0) is 84.5 Å². The molecule has 0 aliphatic carbocycles. The molecule has 1 aromatic heterocycles. The monoisotopic (exact) mass is 748 g/mol. The third-order valence-electron chi connectivity index (χ3n) is 10.5. The molecule has 0 bridgehead atoms. The van der Waals surface area contributed by atoms with Crippen LogP contribution < -0.4 is 25.8 Å². The molecule has 0 spiro atoms. The zero-order valence-electron chi connectivity index (χ0n) is 30.2. The van der Waals surface area contributed by atoms with Crippen molar-refractivity contribution in [3.8, 4) is 0 Å². The first-order chi connectivity index (χ1) is 26.8. The molecule has 3 saturated heterocycles. The number of imide groups is 1. The van der Waals surface area contributed by atoms with E-state index in [0.29, 0.717) is 55.1 Å². The number of nitrogens with zero attached hydrogens (tertiary/aromatic N) is 4. The Morgan fingerprint density at radius 3 is 2.44 bits per heavy atom. The molecular formula is C41H42F2N8O4. The van der Waals surface area contributed by atoms with Gasteiger partial charge in [0.2, 0.25) is 5.91 Å². The van der Waals surface area contributed by atoms with Crippen LogP contribution in [0.4, 0.5) is 36.5 Å². The highest BCUT2D eigenvalue weighted by Crippen LogP contribution is 2.31. The number of H-pyrrole nitrogens is 1. The Labute approximate surface area is 316 Å². The first kappa shape index (κ1) is 36.1. The second-order valence-electron chi connectivity index (χ2n) is 14.3. The lowest BCUT2D eigenvalue weighted by Crippen LogP contribution is -2.50. The number of carbonyl (C=O) groups excluding carboxylic acids is 3. The van der Waals surface area contributed by atoms with Crippen LogP contribution in [-0.4, -0.2) is 84.9 Å². The van der Waals surface area contributed by atoms with Crippen LogP contribution in [0.2, 0.25) is 0 Å². The topological polar surface area (TPSA) is 135 Å². The third kappa shape index (κ3) is 8.30. The highest BCUT2D eigenvalue weighted by Gasteiger charge is 2.27. The van der Waals surface area contributed by atoms with Gasteiger partial charge in [-0.15, -0.1) is 0 Å². The number of rotatable bonds is 10. The Morgan fingerprint density at radius 2 is 1.65 bits per heavy atom. The second-order valence-corrected chi connectivity index (χ2v) is 14.3. The number of fused-ring (bicyclic) bond motifs is 1. The molecule has 4 aromatic carbocycles. The van der Waals surface area contributed by atoms with Gasteiger partial charge in [0.15, 0.2) is 5.82 Å². The number of aromatic amines is 1. The average Bonchev–Trinajstić information content (AvgIpc) is 3.57. The lowest BCUT2D eigenvalue weighted by molar-refractivity contribution is -0.120. The molecule has 12 nitrogen and oxygen atoms in total. The number of ether oxygens (including phenoxy) is 1. The Hall–Kier alpha value is -5.86. The predicted molar refractivity (Wildman–Crippen MR) is 207 cm³/mol. The van der Waals surface area contributed by atoms with Gasteiger partial charge >= 0.3 is 6.03 Å². The van der Waals surface area contributed by atoms with Gasteiger partial charge < -0.3 is 20.3 Å². The number of nitrogens with one attached hydrogen (secondary N) is 4. The van der Waals surface area contributed by atoms with Crippen molar-refractivity contribution in [3.05, 3.63) is 113 Å². The molecule has 0 unspecified atom stereocenters. The van der Waals surface area contributed by atoms with E-state index in [-0.39, 0.29) is 30.3 Å². The zero-order chi connectivity index (χ0) is 37.9. The quantitative estimate of drug-likeness (QED) is 0.136. The van der Waals surface area contributed by atoms with Crippen molar-refractivity contribution in [2.24, 2.45) is 0 Å². The Morgan fingerprint density at radius 1 is 0.873 bits per heavy atom. The Balaban J connectivity index is 0.973. The van der Waals surface area contributed by atoms with Gasteiger partial charge in [-0.3, -0.25) is 29.8 Å². The predicted octanol–water partition coefficient (Wildman–Crippen LogP) is 6.04. The van der Waals surface area contributed by atoms with Crippen LogP contribution >= 0.6 is 0 Å². The molecule has 8 rings (SSSR count). The van der Waals surface area contributed by atoms with E-state index in [1.54, 1.807) is 4.90 Å². The molecule has 4 heterocycles. The maximum Gasteiger partial charge on any atom is 0.328 e. The number of urea groups is 1. The van der Waals surface area contributed by atoms with Crippen molar-refractivity contribution >= 4 is 51.6 Å². The number of halogens is 2. The van der Waals surface area contributed by atoms with Crippen molar-refractivity contribution in [2.75, 3.05) is 66.4 Å². The average molecular weight is 749 g/mol. The summed E-state index contributed by atoms with van der Waals surface area (Å²) in [6.45, 7) is 5.46. The minimum atomic E-state index is -0.630. The summed E-state index contributed by atoms with van der Waals surface area (Å²) >= 11 is 0. The number of aromatic nitrogens is 2. The molecule has 0 atom stereocenters. The van der Waals surface area contributed by atoms with E-state index in [9.17, 15) is 23.2 Å². The van der Waals surface area contributed by atoms with Crippen molar-refractivity contribution in [1.82, 2.24) is 20.4 Å². The summed E-state index contributed by atoms with van der Waals surface area (Å²) in [6, 6.07) is 22.5. The SMILES string of the molecule is O=C1CCN(c2ccccc2CN2CCN(c3ccc(C(=O)Nc4n[nH]c5ccc(Cc6cc(F)cc(F)c6)cc45)c(NC4CCOCC4)c3)CC2)C(=O)N1. The minimum Gasteiger partial charge on any atom is -0.381 e. The fourth-order valence-electron chi connectivity index (χ4n) is 7.61. The van der Waals surface area contributed by atoms with Crippen molar-refractivity contribution in [2.45, 2.75) is 38.3 Å². The molecule has 284 valence electrons. The van der Waals surface area contributed by atoms with E-state index in [1.165, 1.54) is 12.1 Å². The number of hydrogen-bond acceptors (Lipinski definition) is 8. The fraction of sp³-hybridized carbons (Fsp3) is 0.317. The summed E-state index contributed by atoms with van der Waals surface area (Å²) in [4.78, 5) is 44.6. The van der Waals surface area contributed by atoms with Crippen LogP contribution in [0, 0.1) is 11.6 Å². The van der Waals surface area contributed by atoms with E-state index in [0.717, 1.165) is 78.8 Å². The van der Waals surface area contributed by atoms with Crippen LogP contribution in [0.25, 0.3) is 10.9 Å². The molecule has 4 amide bonds. The van der Waals surface area contributed by atoms with E-state index < -0.39 is 11.6 Å². The second kappa shape index (κ2) is 15.9. The van der Waals surface area contributed by atoms with Crippen molar-refractivity contribution < 1.29 is 27.9 Å². The number of amides is 4. The lowest BCUT2D eigenvalue weighted by Gasteiger charge is -2.37. The zero-order valence-corrected chi connectivity index (χ0v) is 30.2. The molecule has 0 radical (unpaired) electrons. The largest absolute Gasteiger partial charge is 0.381 e. The van der Waals surface area contributed by atoms with Gasteiger partial charge in [-0.2, -0.15) is 5.10 Å². The summed E-state index contributed by atoms with van der Waals surface area (Å²) in [6.07, 6.45) is 2.23. The van der Waals surface area contributed by atoms with Gasteiger partial charge in [-0.1, -0.05) is 24.3 Å². The summed E-state index contributed by atoms with van der Waals surface area (Å²) in [7, 11) is 0. The number of benzene rings is 4. The number of anilines is 4. The van der Waals surface area contributed by atoms with Crippen LogP contribution in [0.1, 0.15) is 46.3 Å². The highest BCUT2D eigenvalue weighted by molar-refractivity contribution is 6.11. The van der Waals surface area contributed by atoms with Crippen molar-refractivity contribution in [1.29, 1.82) is 0 Å². The van der Waals surface area contributed by atoms with Crippen LogP contribution in [0.15, 0.2) is 78.9 Å². The minimum absolute atomic E-state index is 0.147. The smallest absolute Gasteiger partial charge is 0.328 e.